The van der Waals surface area contributed by atoms with Crippen LogP contribution in [0.25, 0.3) is 5.57 Å². The first-order chi connectivity index (χ1) is 15.3. The Morgan fingerprint density at radius 3 is 2.72 bits per heavy atom. The van der Waals surface area contributed by atoms with E-state index in [1.807, 2.05) is 37.3 Å². The molecule has 32 heavy (non-hydrogen) atoms. The molecule has 0 amide bonds. The minimum Gasteiger partial charge on any atom is -0.495 e. The Bertz CT molecular complexity index is 1030. The number of nitrogens with one attached hydrogen (secondary N) is 1. The summed E-state index contributed by atoms with van der Waals surface area (Å²) >= 11 is 6.21. The Hall–Kier alpha value is -2.76. The summed E-state index contributed by atoms with van der Waals surface area (Å²) in [5, 5.41) is 4.18. The van der Waals surface area contributed by atoms with Gasteiger partial charge in [-0.15, -0.1) is 0 Å². The first-order valence-electron chi connectivity index (χ1n) is 10.7. The number of carbonyl (C=O) groups excluding carboxylic acids is 1. The van der Waals surface area contributed by atoms with Gasteiger partial charge in [0, 0.05) is 31.4 Å². The van der Waals surface area contributed by atoms with Gasteiger partial charge in [-0.3, -0.25) is 4.79 Å². The van der Waals surface area contributed by atoms with E-state index in [-0.39, 0.29) is 11.8 Å². The number of hydrogen-bond donors (Lipinski definition) is 1. The Kier molecular flexibility index (Phi) is 7.99. The number of nitrogens with zero attached hydrogens (tertiary/aromatic N) is 1. The fourth-order valence-corrected chi connectivity index (χ4v) is 4.23. The van der Waals surface area contributed by atoms with Crippen molar-refractivity contribution in [1.29, 1.82) is 0 Å². The zero-order valence-electron chi connectivity index (χ0n) is 19.2. The zero-order valence-corrected chi connectivity index (χ0v) is 20.0. The van der Waals surface area contributed by atoms with Gasteiger partial charge in [0.15, 0.2) is 5.78 Å². The Morgan fingerprint density at radius 1 is 1.25 bits per heavy atom. The number of carbonyl (C=O) groups is 1. The summed E-state index contributed by atoms with van der Waals surface area (Å²) in [5.41, 5.74) is 5.25. The molecule has 1 saturated heterocycles. The highest BCUT2D eigenvalue weighted by molar-refractivity contribution is 6.32. The van der Waals surface area contributed by atoms with Crippen LogP contribution in [0.3, 0.4) is 0 Å². The van der Waals surface area contributed by atoms with Gasteiger partial charge in [0.25, 0.3) is 0 Å². The molecule has 3 rings (SSSR count). The maximum Gasteiger partial charge on any atom is 0.152 e. The van der Waals surface area contributed by atoms with E-state index in [0.717, 1.165) is 53.3 Å². The second-order valence-corrected chi connectivity index (χ2v) is 8.35. The number of hydrogen-bond acceptors (Lipinski definition) is 5. The third-order valence-corrected chi connectivity index (χ3v) is 6.13. The molecule has 1 unspecified atom stereocenters. The van der Waals surface area contributed by atoms with Crippen molar-refractivity contribution in [3.63, 3.8) is 0 Å². The smallest absolute Gasteiger partial charge is 0.152 e. The lowest BCUT2D eigenvalue weighted by molar-refractivity contribution is -0.112. The second-order valence-electron chi connectivity index (χ2n) is 7.94. The lowest BCUT2D eigenvalue weighted by atomic mass is 9.90. The molecule has 0 aromatic heterocycles. The van der Waals surface area contributed by atoms with E-state index in [9.17, 15) is 4.79 Å². The van der Waals surface area contributed by atoms with Gasteiger partial charge >= 0.3 is 0 Å². The van der Waals surface area contributed by atoms with Crippen LogP contribution in [0.15, 0.2) is 49.1 Å². The summed E-state index contributed by atoms with van der Waals surface area (Å²) in [6.45, 7) is 12.2. The van der Waals surface area contributed by atoms with E-state index in [1.165, 1.54) is 0 Å². The maximum absolute atomic E-state index is 12.2. The third kappa shape index (κ3) is 5.34. The molecule has 5 nitrogen and oxygen atoms in total. The quantitative estimate of drug-likeness (QED) is 0.450. The fraction of sp³-hybridized carbons (Fsp3) is 0.346. The fourth-order valence-electron chi connectivity index (χ4n) is 4.04. The van der Waals surface area contributed by atoms with Crippen LogP contribution in [-0.2, 0) is 4.79 Å². The van der Waals surface area contributed by atoms with Crippen LogP contribution in [0.5, 0.6) is 11.5 Å². The number of benzene rings is 2. The topological polar surface area (TPSA) is 50.8 Å². The van der Waals surface area contributed by atoms with Gasteiger partial charge in [0.2, 0.25) is 0 Å². The third-order valence-electron chi connectivity index (χ3n) is 5.81. The van der Waals surface area contributed by atoms with Gasteiger partial charge < -0.3 is 19.7 Å². The minimum absolute atomic E-state index is 0.00707. The van der Waals surface area contributed by atoms with E-state index < -0.39 is 0 Å². The highest BCUT2D eigenvalue weighted by Gasteiger charge is 2.26. The van der Waals surface area contributed by atoms with E-state index in [2.05, 4.69) is 23.7 Å². The van der Waals surface area contributed by atoms with Crippen LogP contribution >= 0.6 is 11.6 Å². The summed E-state index contributed by atoms with van der Waals surface area (Å²) in [6, 6.07) is 9.83. The molecule has 170 valence electrons. The Labute approximate surface area is 195 Å². The largest absolute Gasteiger partial charge is 0.495 e. The Morgan fingerprint density at radius 2 is 2.03 bits per heavy atom. The highest BCUT2D eigenvalue weighted by atomic mass is 35.5. The average molecular weight is 455 g/mol. The number of ketones is 1. The van der Waals surface area contributed by atoms with Crippen LogP contribution in [0.4, 0.5) is 5.69 Å². The van der Waals surface area contributed by atoms with Gasteiger partial charge in [-0.05, 0) is 67.3 Å². The van der Waals surface area contributed by atoms with Gasteiger partial charge in [-0.1, -0.05) is 30.3 Å². The van der Waals surface area contributed by atoms with Crippen molar-refractivity contribution in [2.45, 2.75) is 26.8 Å². The van der Waals surface area contributed by atoms with Crippen molar-refractivity contribution < 1.29 is 14.3 Å². The van der Waals surface area contributed by atoms with Gasteiger partial charge in [0.1, 0.15) is 18.1 Å². The molecule has 1 heterocycles. The molecule has 6 heteroatoms. The van der Waals surface area contributed by atoms with Crippen molar-refractivity contribution in [1.82, 2.24) is 5.32 Å². The lowest BCUT2D eigenvalue weighted by Crippen LogP contribution is -2.51. The van der Waals surface area contributed by atoms with Gasteiger partial charge in [-0.2, -0.15) is 0 Å². The van der Waals surface area contributed by atoms with Crippen LogP contribution in [0, 0.1) is 13.8 Å². The number of ether oxygens (including phenoxy) is 2. The van der Waals surface area contributed by atoms with Gasteiger partial charge in [0.05, 0.1) is 18.2 Å². The van der Waals surface area contributed by atoms with E-state index in [0.29, 0.717) is 17.4 Å². The number of methoxy groups -OCH3 is 1. The van der Waals surface area contributed by atoms with Crippen LogP contribution in [-0.4, -0.2) is 45.2 Å². The molecule has 1 atom stereocenters. The summed E-state index contributed by atoms with van der Waals surface area (Å²) in [5.74, 6) is 1.51. The van der Waals surface area contributed by atoms with Crippen molar-refractivity contribution in [2.75, 3.05) is 38.3 Å². The monoisotopic (exact) mass is 454 g/mol. The predicted molar refractivity (Wildman–Crippen MR) is 132 cm³/mol. The molecular weight excluding hydrogens is 424 g/mol. The summed E-state index contributed by atoms with van der Waals surface area (Å²) in [4.78, 5) is 14.5. The molecule has 0 radical (unpaired) electrons. The van der Waals surface area contributed by atoms with Crippen molar-refractivity contribution in [3.05, 3.63) is 70.8 Å². The van der Waals surface area contributed by atoms with Crippen molar-refractivity contribution in [3.8, 4) is 11.5 Å². The molecule has 0 spiro atoms. The number of halogens is 1. The predicted octanol–water partition coefficient (Wildman–Crippen LogP) is 4.98. The SMILES string of the molecule is C=CCOc1ccc(C(=CC(C)=O)C2CN(c3ccc(Cl)c(OC)c3)CCN2)c(C)c1C. The number of anilines is 1. The lowest BCUT2D eigenvalue weighted by Gasteiger charge is -2.37. The molecule has 0 bridgehead atoms. The van der Waals surface area contributed by atoms with Crippen molar-refractivity contribution >= 4 is 28.6 Å². The zero-order chi connectivity index (χ0) is 23.3. The molecule has 2 aromatic rings. The normalized spacial score (nSPS) is 16.6. The molecular formula is C26H31ClN2O3. The molecule has 0 aliphatic carbocycles. The summed E-state index contributed by atoms with van der Waals surface area (Å²) in [7, 11) is 1.62. The average Bonchev–Trinajstić information content (AvgIpc) is 2.79. The van der Waals surface area contributed by atoms with E-state index in [4.69, 9.17) is 21.1 Å². The molecule has 0 saturated carbocycles. The molecule has 1 aliphatic rings. The number of rotatable bonds is 8. The number of piperazine rings is 1. The van der Waals surface area contributed by atoms with Gasteiger partial charge in [-0.25, -0.2) is 0 Å². The second kappa shape index (κ2) is 10.7. The number of allylic oxidation sites excluding steroid dienone is 1. The van der Waals surface area contributed by atoms with E-state index in [1.54, 1.807) is 26.2 Å². The van der Waals surface area contributed by atoms with Crippen LogP contribution < -0.4 is 19.7 Å². The first-order valence-corrected chi connectivity index (χ1v) is 11.1. The molecule has 1 fully saturated rings. The molecule has 1 N–H and O–H groups in total. The molecule has 1 aliphatic heterocycles. The van der Waals surface area contributed by atoms with Crippen LogP contribution in [0.2, 0.25) is 5.02 Å². The standard InChI is InChI=1S/C26H31ClN2O3/c1-6-13-32-25-10-8-21(18(3)19(25)4)22(14-17(2)30)24-16-29(12-11-28-24)20-7-9-23(27)26(15-20)31-5/h6-10,14-15,24,28H,1,11-13,16H2,2-5H3. The minimum atomic E-state index is -0.00707. The van der Waals surface area contributed by atoms with E-state index >= 15 is 0 Å². The summed E-state index contributed by atoms with van der Waals surface area (Å²) in [6.07, 6.45) is 3.48. The highest BCUT2D eigenvalue weighted by Crippen LogP contribution is 2.33. The summed E-state index contributed by atoms with van der Waals surface area (Å²) < 4.78 is 11.2. The van der Waals surface area contributed by atoms with Crippen molar-refractivity contribution in [2.24, 2.45) is 0 Å². The van der Waals surface area contributed by atoms with Crippen LogP contribution in [0.1, 0.15) is 23.6 Å². The maximum atomic E-state index is 12.2. The first kappa shape index (κ1) is 23.9. The Balaban J connectivity index is 1.94. The molecule has 2 aromatic carbocycles.